The number of anilines is 2. The van der Waals surface area contributed by atoms with Crippen molar-refractivity contribution < 1.29 is 23.9 Å². The number of carbonyl (C=O) groups excluding carboxylic acids is 4. The fourth-order valence-corrected chi connectivity index (χ4v) is 5.14. The molecule has 3 aromatic rings. The Labute approximate surface area is 211 Å². The minimum Gasteiger partial charge on any atom is -0.448 e. The van der Waals surface area contributed by atoms with Crippen LogP contribution in [0.15, 0.2) is 35.7 Å². The van der Waals surface area contributed by atoms with Gasteiger partial charge in [0.25, 0.3) is 5.91 Å². The number of fused-ring (bicyclic) bond motifs is 2. The number of amides is 3. The third kappa shape index (κ3) is 4.05. The van der Waals surface area contributed by atoms with E-state index in [0.717, 1.165) is 15.1 Å². The summed E-state index contributed by atoms with van der Waals surface area (Å²) in [4.78, 5) is 53.4. The molecule has 4 heterocycles. The normalized spacial score (nSPS) is 15.3. The number of aromatic nitrogens is 2. The minimum absolute atomic E-state index is 0.0849. The lowest BCUT2D eigenvalue weighted by Gasteiger charge is -2.16. The molecule has 1 aromatic carbocycles. The Balaban J connectivity index is 1.40. The Kier molecular flexibility index (Phi) is 5.87. The van der Waals surface area contributed by atoms with Crippen LogP contribution in [0.3, 0.4) is 0 Å². The first kappa shape index (κ1) is 23.7. The predicted octanol–water partition coefficient (Wildman–Crippen LogP) is 3.52. The van der Waals surface area contributed by atoms with E-state index in [0.29, 0.717) is 22.5 Å². The number of hydrogen-bond acceptors (Lipinski definition) is 7. The molecule has 0 spiro atoms. The molecule has 0 fully saturated rings. The summed E-state index contributed by atoms with van der Waals surface area (Å²) >= 11 is 1.51. The van der Waals surface area contributed by atoms with Crippen LogP contribution in [0.1, 0.15) is 52.8 Å². The molecule has 0 unspecified atom stereocenters. The molecule has 11 heteroatoms. The van der Waals surface area contributed by atoms with Crippen LogP contribution in [-0.2, 0) is 39.3 Å². The maximum atomic E-state index is 13.1. The highest BCUT2D eigenvalue weighted by molar-refractivity contribution is 7.10. The number of thiophene rings is 1. The molecule has 2 aliphatic rings. The summed E-state index contributed by atoms with van der Waals surface area (Å²) in [5.41, 5.74) is 2.15. The van der Waals surface area contributed by atoms with Crippen molar-refractivity contribution in [1.29, 1.82) is 0 Å². The Morgan fingerprint density at radius 3 is 2.75 bits per heavy atom. The van der Waals surface area contributed by atoms with Gasteiger partial charge in [-0.15, -0.1) is 16.4 Å². The second-order valence-electron chi connectivity index (χ2n) is 9.18. The molecule has 10 nitrogen and oxygen atoms in total. The van der Waals surface area contributed by atoms with Gasteiger partial charge in [0, 0.05) is 21.7 Å². The quantitative estimate of drug-likeness (QED) is 0.545. The van der Waals surface area contributed by atoms with Gasteiger partial charge in [-0.25, -0.2) is 4.79 Å². The molecule has 2 N–H and O–H groups in total. The topological polar surface area (TPSA) is 123 Å². The molecule has 2 aliphatic heterocycles. The van der Waals surface area contributed by atoms with Crippen LogP contribution in [-0.4, -0.2) is 45.1 Å². The van der Waals surface area contributed by atoms with Crippen LogP contribution in [0, 0.1) is 0 Å². The summed E-state index contributed by atoms with van der Waals surface area (Å²) in [5, 5.41) is 11.8. The molecule has 186 valence electrons. The van der Waals surface area contributed by atoms with Crippen molar-refractivity contribution in [3.05, 3.63) is 63.0 Å². The maximum absolute atomic E-state index is 13.1. The van der Waals surface area contributed by atoms with E-state index in [-0.39, 0.29) is 43.7 Å². The SMILES string of the molecule is CCOC(=O)n1nc(NC(=O)c2ccc3c(c2)NC(=O)C3(C)C)c2c1CN(C(=O)Cc1cccs1)C2. The highest BCUT2D eigenvalue weighted by Gasteiger charge is 2.39. The fraction of sp³-hybridized carbons (Fsp3) is 0.320. The van der Waals surface area contributed by atoms with Gasteiger partial charge in [0.15, 0.2) is 5.82 Å². The average Bonchev–Trinajstić information content (AvgIpc) is 3.60. The van der Waals surface area contributed by atoms with Crippen LogP contribution in [0.2, 0.25) is 0 Å². The van der Waals surface area contributed by atoms with Crippen LogP contribution >= 0.6 is 11.3 Å². The fourth-order valence-electron chi connectivity index (χ4n) is 4.44. The lowest BCUT2D eigenvalue weighted by molar-refractivity contribution is -0.131. The maximum Gasteiger partial charge on any atom is 0.435 e. The Bertz CT molecular complexity index is 1390. The molecule has 0 radical (unpaired) electrons. The second kappa shape index (κ2) is 8.90. The van der Waals surface area contributed by atoms with Crippen molar-refractivity contribution in [2.75, 3.05) is 17.2 Å². The average molecular weight is 508 g/mol. The van der Waals surface area contributed by atoms with E-state index in [9.17, 15) is 19.2 Å². The van der Waals surface area contributed by atoms with Crippen molar-refractivity contribution in [3.63, 3.8) is 0 Å². The van der Waals surface area contributed by atoms with Crippen LogP contribution in [0.25, 0.3) is 0 Å². The highest BCUT2D eigenvalue weighted by atomic mass is 32.1. The van der Waals surface area contributed by atoms with Crippen LogP contribution in [0.5, 0.6) is 0 Å². The molecule has 0 saturated carbocycles. The van der Waals surface area contributed by atoms with E-state index >= 15 is 0 Å². The Morgan fingerprint density at radius 1 is 1.22 bits per heavy atom. The summed E-state index contributed by atoms with van der Waals surface area (Å²) in [6.07, 6.45) is -0.419. The number of nitrogens with one attached hydrogen (secondary N) is 2. The molecule has 2 aromatic heterocycles. The summed E-state index contributed by atoms with van der Waals surface area (Å²) in [7, 11) is 0. The van der Waals surface area contributed by atoms with Gasteiger partial charge in [0.05, 0.1) is 37.2 Å². The van der Waals surface area contributed by atoms with Gasteiger partial charge in [0.2, 0.25) is 11.8 Å². The Hall–Kier alpha value is -3.99. The lowest BCUT2D eigenvalue weighted by atomic mass is 9.86. The number of rotatable bonds is 5. The van der Waals surface area contributed by atoms with Gasteiger partial charge in [-0.2, -0.15) is 4.68 Å². The number of benzene rings is 1. The van der Waals surface area contributed by atoms with E-state index in [1.807, 2.05) is 31.4 Å². The number of hydrogen-bond donors (Lipinski definition) is 2. The lowest BCUT2D eigenvalue weighted by Crippen LogP contribution is -2.28. The largest absolute Gasteiger partial charge is 0.448 e. The minimum atomic E-state index is -0.678. The number of nitrogens with zero attached hydrogens (tertiary/aromatic N) is 3. The standard InChI is InChI=1S/C25H25N5O5S/c1-4-35-24(34)30-19-13-29(20(31)11-15-6-5-9-36-15)12-16(19)21(28-30)27-22(32)14-7-8-17-18(10-14)26-23(33)25(17,2)3/h5-10H,4,11-13H2,1-3H3,(H,26,33)(H,27,28,32). The predicted molar refractivity (Wildman–Crippen MR) is 133 cm³/mol. The summed E-state index contributed by atoms with van der Waals surface area (Å²) < 4.78 is 6.23. The van der Waals surface area contributed by atoms with Gasteiger partial charge in [0.1, 0.15) is 0 Å². The molecular formula is C25H25N5O5S. The number of carbonyl (C=O) groups is 4. The molecule has 0 saturated heterocycles. The van der Waals surface area contributed by atoms with Gasteiger partial charge in [-0.05, 0) is 49.9 Å². The molecule has 5 rings (SSSR count). The zero-order chi connectivity index (χ0) is 25.6. The molecule has 0 bridgehead atoms. The molecule has 0 atom stereocenters. The Morgan fingerprint density at radius 2 is 2.03 bits per heavy atom. The molecule has 0 aliphatic carbocycles. The molecule has 3 amide bonds. The molecule has 36 heavy (non-hydrogen) atoms. The third-order valence-electron chi connectivity index (χ3n) is 6.48. The first-order chi connectivity index (χ1) is 17.2. The monoisotopic (exact) mass is 507 g/mol. The van der Waals surface area contributed by atoms with Gasteiger partial charge < -0.3 is 20.3 Å². The highest BCUT2D eigenvalue weighted by Crippen LogP contribution is 2.38. The number of ether oxygens (including phenoxy) is 1. The van der Waals surface area contributed by atoms with Crippen molar-refractivity contribution >= 4 is 46.7 Å². The van der Waals surface area contributed by atoms with Gasteiger partial charge in [-0.3, -0.25) is 14.4 Å². The van der Waals surface area contributed by atoms with E-state index < -0.39 is 17.4 Å². The molecular weight excluding hydrogens is 482 g/mol. The second-order valence-corrected chi connectivity index (χ2v) is 10.2. The zero-order valence-corrected chi connectivity index (χ0v) is 20.9. The van der Waals surface area contributed by atoms with Crippen molar-refractivity contribution in [3.8, 4) is 0 Å². The van der Waals surface area contributed by atoms with Crippen LogP contribution in [0.4, 0.5) is 16.3 Å². The van der Waals surface area contributed by atoms with Gasteiger partial charge in [-0.1, -0.05) is 12.1 Å². The first-order valence-corrected chi connectivity index (χ1v) is 12.4. The third-order valence-corrected chi connectivity index (χ3v) is 7.36. The van der Waals surface area contributed by atoms with Crippen LogP contribution < -0.4 is 10.6 Å². The first-order valence-electron chi connectivity index (χ1n) is 11.5. The van der Waals surface area contributed by atoms with Crippen molar-refractivity contribution in [2.24, 2.45) is 0 Å². The van der Waals surface area contributed by atoms with E-state index in [1.165, 1.54) is 11.3 Å². The van der Waals surface area contributed by atoms with E-state index in [4.69, 9.17) is 4.74 Å². The van der Waals surface area contributed by atoms with E-state index in [2.05, 4.69) is 15.7 Å². The summed E-state index contributed by atoms with van der Waals surface area (Å²) in [6.45, 7) is 5.89. The van der Waals surface area contributed by atoms with Gasteiger partial charge >= 0.3 is 6.09 Å². The summed E-state index contributed by atoms with van der Waals surface area (Å²) in [5.74, 6) is -0.470. The van der Waals surface area contributed by atoms with Crippen molar-refractivity contribution in [2.45, 2.75) is 45.7 Å². The smallest absolute Gasteiger partial charge is 0.435 e. The zero-order valence-electron chi connectivity index (χ0n) is 20.1. The van der Waals surface area contributed by atoms with E-state index in [1.54, 1.807) is 30.0 Å². The van der Waals surface area contributed by atoms with Crippen molar-refractivity contribution in [1.82, 2.24) is 14.7 Å². The summed E-state index contributed by atoms with van der Waals surface area (Å²) in [6, 6.07) is 8.82.